The highest BCUT2D eigenvalue weighted by Crippen LogP contribution is 2.30. The van der Waals surface area contributed by atoms with Gasteiger partial charge >= 0.3 is 0 Å². The number of nitrogens with zero attached hydrogens (tertiary/aromatic N) is 2. The fourth-order valence-corrected chi connectivity index (χ4v) is 5.94. The highest BCUT2D eigenvalue weighted by atomic mass is 35.5. The lowest BCUT2D eigenvalue weighted by molar-refractivity contribution is -0.114. The predicted octanol–water partition coefficient (Wildman–Crippen LogP) is 2.08. The van der Waals surface area contributed by atoms with E-state index in [9.17, 15) is 21.6 Å². The number of hydrogen-bond acceptors (Lipinski definition) is 7. The van der Waals surface area contributed by atoms with Crippen molar-refractivity contribution >= 4 is 48.9 Å². The monoisotopic (exact) mass is 531 g/mol. The van der Waals surface area contributed by atoms with Gasteiger partial charge in [0.2, 0.25) is 26.0 Å². The summed E-state index contributed by atoms with van der Waals surface area (Å²) in [6, 6.07) is 8.83. The lowest BCUT2D eigenvalue weighted by Gasteiger charge is -2.26. The first-order chi connectivity index (χ1) is 15.9. The number of carbonyl (C=O) groups is 1. The largest absolute Gasteiger partial charge is 0.495 e. The first kappa shape index (κ1) is 26.2. The molecule has 10 nitrogen and oxygen atoms in total. The molecule has 2 aromatic carbocycles. The minimum atomic E-state index is -3.84. The maximum atomic E-state index is 13.0. The molecule has 1 aliphatic rings. The molecule has 0 radical (unpaired) electrons. The fraction of sp³-hybridized carbons (Fsp3) is 0.381. The van der Waals surface area contributed by atoms with Gasteiger partial charge in [0.1, 0.15) is 12.3 Å². The third kappa shape index (κ3) is 5.99. The Balaban J connectivity index is 1.89. The second kappa shape index (κ2) is 10.5. The first-order valence-electron chi connectivity index (χ1n) is 10.2. The average molecular weight is 532 g/mol. The molecular formula is C21H26ClN3O7S2. The number of hydrogen-bond donors (Lipinski definition) is 1. The number of sulfonamides is 2. The smallest absolute Gasteiger partial charge is 0.245 e. The number of amides is 1. The third-order valence-corrected chi connectivity index (χ3v) is 8.44. The number of anilines is 2. The summed E-state index contributed by atoms with van der Waals surface area (Å²) < 4.78 is 63.6. The van der Waals surface area contributed by atoms with Crippen LogP contribution >= 0.6 is 11.6 Å². The molecule has 2 aromatic rings. The quantitative estimate of drug-likeness (QED) is 0.553. The first-order valence-corrected chi connectivity index (χ1v) is 13.9. The summed E-state index contributed by atoms with van der Waals surface area (Å²) in [5.41, 5.74) is 0.970. The van der Waals surface area contributed by atoms with E-state index < -0.39 is 32.5 Å². The molecule has 1 N–H and O–H groups in total. The van der Waals surface area contributed by atoms with Gasteiger partial charge in [-0.25, -0.2) is 16.8 Å². The van der Waals surface area contributed by atoms with E-state index in [1.165, 1.54) is 35.7 Å². The minimum absolute atomic E-state index is 0.0313. The molecule has 1 aliphatic heterocycles. The van der Waals surface area contributed by atoms with Crippen molar-refractivity contribution in [2.45, 2.75) is 11.8 Å². The Hall–Kier alpha value is -2.38. The number of benzene rings is 2. The van der Waals surface area contributed by atoms with Crippen molar-refractivity contribution in [3.05, 3.63) is 47.0 Å². The number of rotatable bonds is 8. The summed E-state index contributed by atoms with van der Waals surface area (Å²) in [4.78, 5) is 12.9. The van der Waals surface area contributed by atoms with Gasteiger partial charge < -0.3 is 14.8 Å². The van der Waals surface area contributed by atoms with Gasteiger partial charge in [-0.2, -0.15) is 4.31 Å². The van der Waals surface area contributed by atoms with Crippen LogP contribution in [0.2, 0.25) is 5.02 Å². The molecule has 186 valence electrons. The molecule has 1 fully saturated rings. The molecule has 0 atom stereocenters. The van der Waals surface area contributed by atoms with E-state index in [4.69, 9.17) is 21.1 Å². The zero-order chi connectivity index (χ0) is 25.1. The average Bonchev–Trinajstić information content (AvgIpc) is 2.79. The van der Waals surface area contributed by atoms with Crippen LogP contribution in [0.5, 0.6) is 5.75 Å². The van der Waals surface area contributed by atoms with Crippen LogP contribution in [0.1, 0.15) is 5.56 Å². The molecule has 1 amide bonds. The molecule has 0 spiro atoms. The van der Waals surface area contributed by atoms with Crippen molar-refractivity contribution < 1.29 is 31.1 Å². The maximum absolute atomic E-state index is 13.0. The summed E-state index contributed by atoms with van der Waals surface area (Å²) in [6.07, 6.45) is 0.983. The minimum Gasteiger partial charge on any atom is -0.495 e. The van der Waals surface area contributed by atoms with Crippen LogP contribution in [-0.4, -0.2) is 73.3 Å². The fourth-order valence-electron chi connectivity index (χ4n) is 3.43. The lowest BCUT2D eigenvalue weighted by atomic mass is 10.2. The van der Waals surface area contributed by atoms with Gasteiger partial charge in [0, 0.05) is 18.1 Å². The molecule has 0 unspecified atom stereocenters. The van der Waals surface area contributed by atoms with Crippen molar-refractivity contribution in [2.75, 3.05) is 55.8 Å². The number of aryl methyl sites for hydroxylation is 1. The van der Waals surface area contributed by atoms with Crippen molar-refractivity contribution in [1.82, 2.24) is 4.31 Å². The number of methoxy groups -OCH3 is 1. The molecule has 0 aromatic heterocycles. The summed E-state index contributed by atoms with van der Waals surface area (Å²) in [5.74, 6) is -0.469. The van der Waals surface area contributed by atoms with Crippen LogP contribution in [0.4, 0.5) is 11.4 Å². The number of morpholine rings is 1. The Morgan fingerprint density at radius 3 is 2.44 bits per heavy atom. The molecule has 3 rings (SSSR count). The Bertz CT molecular complexity index is 1280. The summed E-state index contributed by atoms with van der Waals surface area (Å²) in [5, 5.41) is 2.89. The second-order valence-electron chi connectivity index (χ2n) is 7.63. The summed E-state index contributed by atoms with van der Waals surface area (Å²) in [6.45, 7) is 2.18. The summed E-state index contributed by atoms with van der Waals surface area (Å²) >= 11 is 6.03. The van der Waals surface area contributed by atoms with Gasteiger partial charge in [0.15, 0.2) is 0 Å². The Labute approximate surface area is 204 Å². The lowest BCUT2D eigenvalue weighted by Crippen LogP contribution is -2.40. The maximum Gasteiger partial charge on any atom is 0.245 e. The molecular weight excluding hydrogens is 506 g/mol. The highest BCUT2D eigenvalue weighted by molar-refractivity contribution is 7.92. The van der Waals surface area contributed by atoms with Gasteiger partial charge in [0.05, 0.1) is 42.8 Å². The van der Waals surface area contributed by atoms with Gasteiger partial charge in [-0.15, -0.1) is 0 Å². The standard InChI is InChI=1S/C21H26ClN3O7S2/c1-15-4-5-16(22)12-19(15)25(33(3,27)28)14-21(26)23-18-13-17(6-7-20(18)31-2)34(29,30)24-8-10-32-11-9-24/h4-7,12-13H,8-11,14H2,1-3H3,(H,23,26). The van der Waals surface area contributed by atoms with Crippen LogP contribution < -0.4 is 14.4 Å². The Kier molecular flexibility index (Phi) is 8.09. The van der Waals surface area contributed by atoms with E-state index in [2.05, 4.69) is 5.32 Å². The van der Waals surface area contributed by atoms with E-state index >= 15 is 0 Å². The number of nitrogens with one attached hydrogen (secondary N) is 1. The number of ether oxygens (including phenoxy) is 2. The van der Waals surface area contributed by atoms with Gasteiger partial charge in [-0.05, 0) is 42.8 Å². The molecule has 0 bridgehead atoms. The highest BCUT2D eigenvalue weighted by Gasteiger charge is 2.28. The molecule has 1 heterocycles. The zero-order valence-corrected chi connectivity index (χ0v) is 21.3. The number of halogens is 1. The summed E-state index contributed by atoms with van der Waals surface area (Å²) in [7, 11) is -6.28. The van der Waals surface area contributed by atoms with Crippen LogP contribution in [0.15, 0.2) is 41.3 Å². The van der Waals surface area contributed by atoms with E-state index in [-0.39, 0.29) is 35.1 Å². The second-order valence-corrected chi connectivity index (χ2v) is 11.9. The van der Waals surface area contributed by atoms with Crippen LogP contribution in [0.3, 0.4) is 0 Å². The van der Waals surface area contributed by atoms with Crippen molar-refractivity contribution in [3.8, 4) is 5.75 Å². The van der Waals surface area contributed by atoms with Crippen molar-refractivity contribution in [3.63, 3.8) is 0 Å². The van der Waals surface area contributed by atoms with Gasteiger partial charge in [-0.1, -0.05) is 17.7 Å². The molecule has 34 heavy (non-hydrogen) atoms. The Morgan fingerprint density at radius 2 is 1.82 bits per heavy atom. The SMILES string of the molecule is COc1ccc(S(=O)(=O)N2CCOCC2)cc1NC(=O)CN(c1cc(Cl)ccc1C)S(C)(=O)=O. The van der Waals surface area contributed by atoms with E-state index in [0.717, 1.165) is 10.6 Å². The van der Waals surface area contributed by atoms with Crippen molar-refractivity contribution in [2.24, 2.45) is 0 Å². The van der Waals surface area contributed by atoms with Crippen LogP contribution in [0, 0.1) is 6.92 Å². The normalized spacial score (nSPS) is 15.1. The van der Waals surface area contributed by atoms with E-state index in [1.807, 2.05) is 0 Å². The van der Waals surface area contributed by atoms with E-state index in [0.29, 0.717) is 23.8 Å². The number of carbonyl (C=O) groups excluding carboxylic acids is 1. The zero-order valence-electron chi connectivity index (χ0n) is 18.9. The van der Waals surface area contributed by atoms with Crippen molar-refractivity contribution in [1.29, 1.82) is 0 Å². The molecule has 13 heteroatoms. The van der Waals surface area contributed by atoms with Gasteiger partial charge in [-0.3, -0.25) is 9.10 Å². The predicted molar refractivity (Wildman–Crippen MR) is 130 cm³/mol. The molecule has 1 saturated heterocycles. The molecule has 0 aliphatic carbocycles. The molecule has 0 saturated carbocycles. The van der Waals surface area contributed by atoms with Crippen LogP contribution in [0.25, 0.3) is 0 Å². The Morgan fingerprint density at radius 1 is 1.15 bits per heavy atom. The van der Waals surface area contributed by atoms with Crippen LogP contribution in [-0.2, 0) is 29.6 Å². The third-order valence-electron chi connectivity index (χ3n) is 5.18. The topological polar surface area (TPSA) is 122 Å². The van der Waals surface area contributed by atoms with Gasteiger partial charge in [0.25, 0.3) is 0 Å². The van der Waals surface area contributed by atoms with E-state index in [1.54, 1.807) is 19.1 Å².